The molecule has 1 aliphatic rings. The van der Waals surface area contributed by atoms with E-state index in [1.54, 1.807) is 24.6 Å². The summed E-state index contributed by atoms with van der Waals surface area (Å²) in [7, 11) is 0. The van der Waals surface area contributed by atoms with Gasteiger partial charge in [0.1, 0.15) is 17.2 Å². The van der Waals surface area contributed by atoms with Crippen molar-refractivity contribution in [2.45, 2.75) is 25.9 Å². The van der Waals surface area contributed by atoms with Crippen LogP contribution in [0, 0.1) is 12.8 Å². The molecule has 4 rings (SSSR count). The molecule has 0 amide bonds. The van der Waals surface area contributed by atoms with Crippen LogP contribution >= 0.6 is 11.3 Å². The number of Topliss-reactive ketones (excluding diaryl/α,β-unsaturated/α-hetero) is 1. The number of aliphatic hydroxyl groups is 2. The van der Waals surface area contributed by atoms with Crippen molar-refractivity contribution in [3.63, 3.8) is 0 Å². The maximum Gasteiger partial charge on any atom is 0.341 e. The Hall–Kier alpha value is -3.15. The fourth-order valence-corrected chi connectivity index (χ4v) is 4.36. The lowest BCUT2D eigenvalue weighted by molar-refractivity contribution is -0.124. The summed E-state index contributed by atoms with van der Waals surface area (Å²) in [6, 6.07) is 1.72. The van der Waals surface area contributed by atoms with Crippen molar-refractivity contribution >= 4 is 39.9 Å². The Balaban J connectivity index is 1.67. The third kappa shape index (κ3) is 4.01. The lowest BCUT2D eigenvalue weighted by atomic mass is 9.91. The molecule has 0 radical (unpaired) electrons. The molecule has 0 aliphatic carbocycles. The number of rotatable bonds is 8. The first kappa shape index (κ1) is 22.1. The molecule has 32 heavy (non-hydrogen) atoms. The fraction of sp³-hybridized carbons (Fsp3) is 0.381. The maximum atomic E-state index is 12.8. The zero-order valence-corrected chi connectivity index (χ0v) is 18.1. The van der Waals surface area contributed by atoms with E-state index in [4.69, 9.17) is 5.11 Å². The molecular formula is C21H22N4O6S. The Morgan fingerprint density at radius 2 is 2.09 bits per heavy atom. The number of carboxylic acid groups (broad SMARTS) is 1. The smallest absolute Gasteiger partial charge is 0.341 e. The van der Waals surface area contributed by atoms with Crippen LogP contribution in [0.25, 0.3) is 16.2 Å². The molecular weight excluding hydrogens is 436 g/mol. The van der Waals surface area contributed by atoms with Crippen molar-refractivity contribution in [2.24, 2.45) is 5.92 Å². The van der Waals surface area contributed by atoms with Gasteiger partial charge in [-0.1, -0.05) is 0 Å². The van der Waals surface area contributed by atoms with Crippen molar-refractivity contribution in [3.8, 4) is 5.13 Å². The molecule has 0 bridgehead atoms. The molecule has 1 atom stereocenters. The number of thiazole rings is 1. The highest BCUT2D eigenvalue weighted by Crippen LogP contribution is 2.29. The Morgan fingerprint density at radius 3 is 2.72 bits per heavy atom. The number of fused-ring (bicyclic) bond motifs is 1. The van der Waals surface area contributed by atoms with E-state index in [9.17, 15) is 24.6 Å². The topological polar surface area (TPSA) is 146 Å². The third-order valence-corrected chi connectivity index (χ3v) is 6.36. The van der Waals surface area contributed by atoms with E-state index in [1.165, 1.54) is 22.1 Å². The van der Waals surface area contributed by atoms with Crippen molar-refractivity contribution in [1.29, 1.82) is 0 Å². The number of ketones is 1. The predicted octanol–water partition coefficient (Wildman–Crippen LogP) is 0.988. The van der Waals surface area contributed by atoms with Crippen LogP contribution in [0.4, 0.5) is 5.82 Å². The number of nitrogens with zero attached hydrogens (tertiary/aromatic N) is 4. The molecule has 168 valence electrons. The van der Waals surface area contributed by atoms with Crippen LogP contribution in [0.5, 0.6) is 0 Å². The van der Waals surface area contributed by atoms with Crippen molar-refractivity contribution in [1.82, 2.24) is 14.5 Å². The van der Waals surface area contributed by atoms with Crippen LogP contribution in [-0.4, -0.2) is 67.4 Å². The molecule has 0 aromatic carbocycles. The van der Waals surface area contributed by atoms with Crippen LogP contribution in [0.3, 0.4) is 0 Å². The molecule has 0 saturated carbocycles. The van der Waals surface area contributed by atoms with E-state index >= 15 is 0 Å². The summed E-state index contributed by atoms with van der Waals surface area (Å²) in [6.07, 6.45) is 2.37. The van der Waals surface area contributed by atoms with E-state index in [1.807, 2.05) is 4.90 Å². The minimum Gasteiger partial charge on any atom is -0.477 e. The average Bonchev–Trinajstić information content (AvgIpc) is 3.25. The molecule has 3 aromatic heterocycles. The fourth-order valence-electron chi connectivity index (χ4n) is 3.75. The van der Waals surface area contributed by atoms with Gasteiger partial charge in [-0.2, -0.15) is 0 Å². The van der Waals surface area contributed by atoms with E-state index in [0.29, 0.717) is 35.2 Å². The van der Waals surface area contributed by atoms with Crippen LogP contribution in [0.15, 0.2) is 28.6 Å². The summed E-state index contributed by atoms with van der Waals surface area (Å²) in [5, 5.41) is 30.2. The number of aromatic carboxylic acids is 1. The summed E-state index contributed by atoms with van der Waals surface area (Å²) in [6.45, 7) is 2.28. The molecule has 10 nitrogen and oxygen atoms in total. The molecule has 0 spiro atoms. The number of aromatic nitrogens is 3. The second kappa shape index (κ2) is 8.77. The molecule has 1 fully saturated rings. The minimum atomic E-state index is -1.32. The summed E-state index contributed by atoms with van der Waals surface area (Å²) in [5.41, 5.74) is -0.0592. The molecule has 1 saturated heterocycles. The number of aryl methyl sites for hydroxylation is 1. The van der Waals surface area contributed by atoms with E-state index < -0.39 is 17.5 Å². The summed E-state index contributed by atoms with van der Waals surface area (Å²) in [4.78, 5) is 47.5. The maximum absolute atomic E-state index is 12.8. The van der Waals surface area contributed by atoms with Gasteiger partial charge in [0.25, 0.3) is 0 Å². The SMILES string of the molecule is Cc1cc(N2CC(C(=O)CCC(O)CO)C2)nc2c1c(=O)c(C(=O)O)cn2-c1nccs1. The monoisotopic (exact) mass is 458 g/mol. The van der Waals surface area contributed by atoms with Gasteiger partial charge in [-0.05, 0) is 25.0 Å². The van der Waals surface area contributed by atoms with Crippen LogP contribution in [-0.2, 0) is 4.79 Å². The second-order valence-electron chi connectivity index (χ2n) is 7.80. The van der Waals surface area contributed by atoms with Crippen LogP contribution < -0.4 is 10.3 Å². The number of hydrogen-bond donors (Lipinski definition) is 3. The Morgan fingerprint density at radius 1 is 1.34 bits per heavy atom. The van der Waals surface area contributed by atoms with E-state index in [2.05, 4.69) is 9.97 Å². The first-order valence-electron chi connectivity index (χ1n) is 10.1. The highest BCUT2D eigenvalue weighted by Gasteiger charge is 2.34. The van der Waals surface area contributed by atoms with Gasteiger partial charge in [0.05, 0.1) is 24.0 Å². The first-order chi connectivity index (χ1) is 15.3. The number of carbonyl (C=O) groups excluding carboxylic acids is 1. The van der Waals surface area contributed by atoms with Gasteiger partial charge in [-0.3, -0.25) is 14.2 Å². The number of pyridine rings is 2. The van der Waals surface area contributed by atoms with Gasteiger partial charge in [0.2, 0.25) is 5.43 Å². The number of aliphatic hydroxyl groups excluding tert-OH is 2. The predicted molar refractivity (Wildman–Crippen MR) is 118 cm³/mol. The Bertz CT molecular complexity index is 1230. The zero-order valence-electron chi connectivity index (χ0n) is 17.3. The van der Waals surface area contributed by atoms with Crippen molar-refractivity contribution in [2.75, 3.05) is 24.6 Å². The molecule has 3 aromatic rings. The molecule has 11 heteroatoms. The molecule has 4 heterocycles. The number of carboxylic acids is 1. The number of carbonyl (C=O) groups is 2. The lowest BCUT2D eigenvalue weighted by Gasteiger charge is -2.39. The van der Waals surface area contributed by atoms with Gasteiger partial charge in [-0.15, -0.1) is 11.3 Å². The van der Waals surface area contributed by atoms with Gasteiger partial charge < -0.3 is 20.2 Å². The normalized spacial score (nSPS) is 15.0. The van der Waals surface area contributed by atoms with E-state index in [-0.39, 0.29) is 42.1 Å². The third-order valence-electron chi connectivity index (χ3n) is 5.59. The van der Waals surface area contributed by atoms with Gasteiger partial charge in [0.15, 0.2) is 10.8 Å². The quantitative estimate of drug-likeness (QED) is 0.450. The first-order valence-corrected chi connectivity index (χ1v) is 10.9. The van der Waals surface area contributed by atoms with Crippen LogP contribution in [0.2, 0.25) is 0 Å². The number of anilines is 1. The largest absolute Gasteiger partial charge is 0.477 e. The summed E-state index contributed by atoms with van der Waals surface area (Å²) >= 11 is 1.29. The van der Waals surface area contributed by atoms with Gasteiger partial charge in [-0.25, -0.2) is 14.8 Å². The highest BCUT2D eigenvalue weighted by atomic mass is 32.1. The molecule has 1 unspecified atom stereocenters. The lowest BCUT2D eigenvalue weighted by Crippen LogP contribution is -2.51. The van der Waals surface area contributed by atoms with Gasteiger partial charge in [0, 0.05) is 37.3 Å². The summed E-state index contributed by atoms with van der Waals surface area (Å²) in [5.74, 6) is -0.894. The van der Waals surface area contributed by atoms with Crippen LogP contribution in [0.1, 0.15) is 28.8 Å². The minimum absolute atomic E-state index is 0.0251. The Kier molecular flexibility index (Phi) is 6.04. The Labute approximate surface area is 186 Å². The molecule has 1 aliphatic heterocycles. The highest BCUT2D eigenvalue weighted by molar-refractivity contribution is 7.12. The van der Waals surface area contributed by atoms with Gasteiger partial charge >= 0.3 is 5.97 Å². The standard InChI is InChI=1S/C21H22N4O6S/c1-11-6-16(24-7-12(8-24)15(28)3-2-13(27)10-26)23-19-17(11)18(29)14(20(30)31)9-25(19)21-22-4-5-32-21/h4-6,9,12-13,26-27H,2-3,7-8,10H2,1H3,(H,30,31). The van der Waals surface area contributed by atoms with Crippen molar-refractivity contribution in [3.05, 3.63) is 45.2 Å². The summed E-state index contributed by atoms with van der Waals surface area (Å²) < 4.78 is 1.51. The average molecular weight is 458 g/mol. The molecule has 3 N–H and O–H groups in total. The second-order valence-corrected chi connectivity index (χ2v) is 8.67. The number of hydrogen-bond acceptors (Lipinski definition) is 9. The van der Waals surface area contributed by atoms with E-state index in [0.717, 1.165) is 0 Å². The zero-order chi connectivity index (χ0) is 23.0. The van der Waals surface area contributed by atoms with Crippen molar-refractivity contribution < 1.29 is 24.9 Å².